The second kappa shape index (κ2) is 5.50. The molecule has 1 aromatic carbocycles. The van der Waals surface area contributed by atoms with Gasteiger partial charge in [0.15, 0.2) is 0 Å². The third-order valence-corrected chi connectivity index (χ3v) is 5.34. The van der Waals surface area contributed by atoms with Crippen molar-refractivity contribution in [1.29, 1.82) is 0 Å². The highest BCUT2D eigenvalue weighted by molar-refractivity contribution is 5.38. The molecule has 1 fully saturated rings. The Kier molecular flexibility index (Phi) is 3.87. The molecule has 1 N–H and O–H groups in total. The fraction of sp³-hybridized carbons (Fsp3) is 0.667. The van der Waals surface area contributed by atoms with Crippen molar-refractivity contribution in [3.63, 3.8) is 0 Å². The van der Waals surface area contributed by atoms with Gasteiger partial charge in [0, 0.05) is 12.6 Å². The predicted molar refractivity (Wildman–Crippen MR) is 85.0 cm³/mol. The minimum atomic E-state index is 0.344. The second-order valence-electron chi connectivity index (χ2n) is 7.23. The van der Waals surface area contributed by atoms with E-state index in [1.54, 1.807) is 11.1 Å². The Balaban J connectivity index is 1.82. The number of likely N-dealkylation sites (tertiary alicyclic amines) is 1. The highest BCUT2D eigenvalue weighted by Gasteiger charge is 2.37. The van der Waals surface area contributed by atoms with Crippen molar-refractivity contribution in [3.05, 3.63) is 35.4 Å². The molecule has 2 nitrogen and oxygen atoms in total. The zero-order chi connectivity index (χ0) is 14.2. The zero-order valence-electron chi connectivity index (χ0n) is 13.2. The molecular formula is C18H28N2. The predicted octanol–water partition coefficient (Wildman–Crippen LogP) is 3.34. The van der Waals surface area contributed by atoms with Crippen LogP contribution in [0.1, 0.15) is 50.3 Å². The monoisotopic (exact) mass is 272 g/mol. The average molecular weight is 272 g/mol. The summed E-state index contributed by atoms with van der Waals surface area (Å²) in [7, 11) is 2.07. The van der Waals surface area contributed by atoms with Gasteiger partial charge < -0.3 is 5.32 Å². The molecule has 0 aromatic heterocycles. The minimum Gasteiger partial charge on any atom is -0.319 e. The lowest BCUT2D eigenvalue weighted by molar-refractivity contribution is 0.193. The van der Waals surface area contributed by atoms with Crippen molar-refractivity contribution in [2.75, 3.05) is 26.7 Å². The molecule has 20 heavy (non-hydrogen) atoms. The highest BCUT2D eigenvalue weighted by atomic mass is 15.2. The van der Waals surface area contributed by atoms with Crippen LogP contribution in [0.5, 0.6) is 0 Å². The molecule has 2 heteroatoms. The summed E-state index contributed by atoms with van der Waals surface area (Å²) in [6.07, 6.45) is 3.97. The van der Waals surface area contributed by atoms with Crippen LogP contribution in [0, 0.1) is 5.92 Å². The number of hydrogen-bond donors (Lipinski definition) is 1. The smallest absolute Gasteiger partial charge is 0.0351 e. The first kappa shape index (κ1) is 14.1. The largest absolute Gasteiger partial charge is 0.319 e. The number of nitrogens with one attached hydrogen (secondary N) is 1. The lowest BCUT2D eigenvalue weighted by Gasteiger charge is -2.41. The van der Waals surface area contributed by atoms with Gasteiger partial charge in [0.25, 0.3) is 0 Å². The number of hydrogen-bond acceptors (Lipinski definition) is 2. The first-order valence-corrected chi connectivity index (χ1v) is 8.10. The third kappa shape index (κ3) is 2.51. The van der Waals surface area contributed by atoms with Gasteiger partial charge in [-0.3, -0.25) is 4.90 Å². The molecule has 1 saturated heterocycles. The van der Waals surface area contributed by atoms with Crippen molar-refractivity contribution in [2.45, 2.75) is 44.6 Å². The summed E-state index contributed by atoms with van der Waals surface area (Å²) < 4.78 is 0. The van der Waals surface area contributed by atoms with E-state index in [0.717, 1.165) is 12.5 Å². The summed E-state index contributed by atoms with van der Waals surface area (Å²) >= 11 is 0. The topological polar surface area (TPSA) is 15.3 Å². The fourth-order valence-corrected chi connectivity index (χ4v) is 4.17. The van der Waals surface area contributed by atoms with Crippen LogP contribution >= 0.6 is 0 Å². The van der Waals surface area contributed by atoms with Crippen molar-refractivity contribution >= 4 is 0 Å². The Hall–Kier alpha value is -0.860. The van der Waals surface area contributed by atoms with Gasteiger partial charge in [-0.1, -0.05) is 38.1 Å². The summed E-state index contributed by atoms with van der Waals surface area (Å²) in [6.45, 7) is 8.49. The third-order valence-electron chi connectivity index (χ3n) is 5.34. The van der Waals surface area contributed by atoms with Crippen LogP contribution in [0.3, 0.4) is 0 Å². The molecular weight excluding hydrogens is 244 g/mol. The van der Waals surface area contributed by atoms with Crippen LogP contribution in [0.15, 0.2) is 24.3 Å². The maximum Gasteiger partial charge on any atom is 0.0351 e. The van der Waals surface area contributed by atoms with Crippen molar-refractivity contribution < 1.29 is 0 Å². The van der Waals surface area contributed by atoms with E-state index in [1.807, 2.05) is 0 Å². The normalized spacial score (nSPS) is 29.4. The van der Waals surface area contributed by atoms with E-state index >= 15 is 0 Å². The van der Waals surface area contributed by atoms with E-state index in [9.17, 15) is 0 Å². The number of benzene rings is 1. The average Bonchev–Trinajstić information content (AvgIpc) is 2.88. The molecule has 0 radical (unpaired) electrons. The van der Waals surface area contributed by atoms with Gasteiger partial charge in [-0.25, -0.2) is 0 Å². The van der Waals surface area contributed by atoms with Crippen LogP contribution in [0.4, 0.5) is 0 Å². The Labute approximate surface area is 123 Å². The van der Waals surface area contributed by atoms with Crippen LogP contribution in [0.25, 0.3) is 0 Å². The van der Waals surface area contributed by atoms with Gasteiger partial charge >= 0.3 is 0 Å². The van der Waals surface area contributed by atoms with Crippen LogP contribution < -0.4 is 5.32 Å². The maximum atomic E-state index is 3.34. The van der Waals surface area contributed by atoms with Gasteiger partial charge in [-0.05, 0) is 61.9 Å². The molecule has 0 spiro atoms. The molecule has 2 aliphatic rings. The summed E-state index contributed by atoms with van der Waals surface area (Å²) in [4.78, 5) is 2.73. The lowest BCUT2D eigenvalue weighted by atomic mass is 9.71. The Bertz CT molecular complexity index is 466. The quantitative estimate of drug-likeness (QED) is 0.908. The molecule has 0 amide bonds. The molecule has 1 heterocycles. The van der Waals surface area contributed by atoms with E-state index in [2.05, 4.69) is 55.4 Å². The summed E-state index contributed by atoms with van der Waals surface area (Å²) in [5, 5.41) is 3.34. The number of rotatable bonds is 3. The van der Waals surface area contributed by atoms with Crippen LogP contribution in [-0.2, 0) is 5.41 Å². The summed E-state index contributed by atoms with van der Waals surface area (Å²) in [5.41, 5.74) is 3.51. The molecule has 2 atom stereocenters. The van der Waals surface area contributed by atoms with E-state index in [1.165, 1.54) is 32.4 Å². The number of fused-ring (bicyclic) bond motifs is 1. The standard InChI is InChI=1S/C18H28N2/c1-18(2)10-8-17(15-6-4-5-7-16(15)18)20-11-9-14(13-20)12-19-3/h4-7,14,17,19H,8-13H2,1-3H3. The van der Waals surface area contributed by atoms with Crippen molar-refractivity contribution in [2.24, 2.45) is 5.92 Å². The summed E-state index contributed by atoms with van der Waals surface area (Å²) in [5.74, 6) is 0.835. The van der Waals surface area contributed by atoms with Crippen LogP contribution in [0.2, 0.25) is 0 Å². The van der Waals surface area contributed by atoms with Gasteiger partial charge in [0.2, 0.25) is 0 Å². The van der Waals surface area contributed by atoms with E-state index in [-0.39, 0.29) is 0 Å². The molecule has 1 aliphatic carbocycles. The molecule has 0 saturated carbocycles. The minimum absolute atomic E-state index is 0.344. The summed E-state index contributed by atoms with van der Waals surface area (Å²) in [6, 6.07) is 9.79. The second-order valence-corrected chi connectivity index (χ2v) is 7.23. The molecule has 2 unspecified atom stereocenters. The Morgan fingerprint density at radius 1 is 1.25 bits per heavy atom. The van der Waals surface area contributed by atoms with E-state index in [4.69, 9.17) is 0 Å². The van der Waals surface area contributed by atoms with Gasteiger partial charge in [0.05, 0.1) is 0 Å². The van der Waals surface area contributed by atoms with Crippen LogP contribution in [-0.4, -0.2) is 31.6 Å². The van der Waals surface area contributed by atoms with Crippen molar-refractivity contribution in [1.82, 2.24) is 10.2 Å². The fourth-order valence-electron chi connectivity index (χ4n) is 4.17. The SMILES string of the molecule is CNCC1CCN(C2CCC(C)(C)c3ccccc32)C1. The molecule has 1 aromatic rings. The van der Waals surface area contributed by atoms with Gasteiger partial charge in [-0.15, -0.1) is 0 Å². The molecule has 1 aliphatic heterocycles. The van der Waals surface area contributed by atoms with Gasteiger partial charge in [-0.2, -0.15) is 0 Å². The van der Waals surface area contributed by atoms with E-state index in [0.29, 0.717) is 11.5 Å². The Morgan fingerprint density at radius 3 is 2.85 bits per heavy atom. The number of nitrogens with zero attached hydrogens (tertiary/aromatic N) is 1. The molecule has 3 rings (SSSR count). The zero-order valence-corrected chi connectivity index (χ0v) is 13.2. The lowest BCUT2D eigenvalue weighted by Crippen LogP contribution is -2.35. The first-order chi connectivity index (χ1) is 9.62. The molecule has 110 valence electrons. The van der Waals surface area contributed by atoms with Gasteiger partial charge in [0.1, 0.15) is 0 Å². The first-order valence-electron chi connectivity index (χ1n) is 8.10. The molecule has 0 bridgehead atoms. The van der Waals surface area contributed by atoms with E-state index < -0.39 is 0 Å². The highest BCUT2D eigenvalue weighted by Crippen LogP contribution is 2.44. The Morgan fingerprint density at radius 2 is 2.05 bits per heavy atom. The van der Waals surface area contributed by atoms with Crippen molar-refractivity contribution in [3.8, 4) is 0 Å². The maximum absolute atomic E-state index is 3.34.